The molecule has 5 rings (SSSR count). The Morgan fingerprint density at radius 1 is 0.976 bits per heavy atom. The predicted molar refractivity (Wildman–Crippen MR) is 168 cm³/mol. The maximum atomic E-state index is 13.6. The minimum atomic E-state index is -0.733. The number of esters is 1. The van der Waals surface area contributed by atoms with E-state index in [4.69, 9.17) is 27.9 Å². The summed E-state index contributed by atoms with van der Waals surface area (Å²) in [6.07, 6.45) is 9.31. The Morgan fingerprint density at radius 3 is 2.33 bits per heavy atom. The van der Waals surface area contributed by atoms with Crippen molar-refractivity contribution in [2.75, 3.05) is 29.7 Å². The molecule has 0 heterocycles. The van der Waals surface area contributed by atoms with Gasteiger partial charge < -0.3 is 15.0 Å². The van der Waals surface area contributed by atoms with Crippen molar-refractivity contribution in [2.24, 2.45) is 34.5 Å². The molecule has 4 saturated carbocycles. The molecule has 8 heteroatoms. The number of amides is 1. The van der Waals surface area contributed by atoms with Gasteiger partial charge in [0.15, 0.2) is 0 Å². The molecular weight excluding hydrogens is 571 g/mol. The summed E-state index contributed by atoms with van der Waals surface area (Å²) in [5.74, 6) is 3.29. The molecule has 6 nitrogen and oxygen atoms in total. The van der Waals surface area contributed by atoms with Crippen molar-refractivity contribution in [3.8, 4) is 0 Å². The fraction of sp³-hybridized carbons (Fsp3) is 0.735. The van der Waals surface area contributed by atoms with E-state index in [1.165, 1.54) is 13.3 Å². The second-order valence-corrected chi connectivity index (χ2v) is 14.7. The Balaban J connectivity index is 1.26. The van der Waals surface area contributed by atoms with Gasteiger partial charge in [-0.05, 0) is 91.7 Å². The number of anilines is 1. The molecule has 4 aliphatic carbocycles. The molecule has 0 unspecified atom stereocenters. The molecule has 0 aromatic heterocycles. The first-order valence-electron chi connectivity index (χ1n) is 16.0. The van der Waals surface area contributed by atoms with Crippen LogP contribution in [0.25, 0.3) is 0 Å². The number of ether oxygens (including phenoxy) is 1. The molecule has 42 heavy (non-hydrogen) atoms. The summed E-state index contributed by atoms with van der Waals surface area (Å²) in [7, 11) is 0. The minimum absolute atomic E-state index is 0.0404. The SMILES string of the molecule is CC(=O)N[C@@H](Cc1ccc(N(CCCl)CCCl)cc1)C(=O)O[C@H]1CC[C@@H]2[C@H]3CC[C@H]4CC(=O)CC[C@]4(C)[C@@H]3CC[C@]12C. The first kappa shape index (κ1) is 31.6. The zero-order valence-electron chi connectivity index (χ0n) is 25.5. The quantitative estimate of drug-likeness (QED) is 0.238. The number of halogens is 2. The third-order valence-electron chi connectivity index (χ3n) is 11.8. The van der Waals surface area contributed by atoms with E-state index in [-0.39, 0.29) is 28.8 Å². The van der Waals surface area contributed by atoms with Crippen LogP contribution in [0, 0.1) is 34.5 Å². The molecular formula is C34H48Cl2N2O4. The predicted octanol–water partition coefficient (Wildman–Crippen LogP) is 6.54. The number of ketones is 1. The second kappa shape index (κ2) is 13.1. The lowest BCUT2D eigenvalue weighted by atomic mass is 9.45. The number of hydrogen-bond donors (Lipinski definition) is 1. The lowest BCUT2D eigenvalue weighted by Gasteiger charge is -2.60. The molecule has 0 saturated heterocycles. The highest BCUT2D eigenvalue weighted by molar-refractivity contribution is 6.18. The number of hydrogen-bond acceptors (Lipinski definition) is 5. The number of nitrogens with one attached hydrogen (secondary N) is 1. The Labute approximate surface area is 261 Å². The smallest absolute Gasteiger partial charge is 0.329 e. The summed E-state index contributed by atoms with van der Waals surface area (Å²) >= 11 is 11.9. The van der Waals surface area contributed by atoms with Crippen LogP contribution in [0.1, 0.15) is 84.1 Å². The van der Waals surface area contributed by atoms with Crippen LogP contribution in [-0.4, -0.2) is 54.7 Å². The summed E-state index contributed by atoms with van der Waals surface area (Å²) in [5, 5.41) is 2.86. The maximum absolute atomic E-state index is 13.6. The molecule has 0 aliphatic heterocycles. The average molecular weight is 620 g/mol. The molecule has 232 valence electrons. The van der Waals surface area contributed by atoms with Crippen LogP contribution in [0.15, 0.2) is 24.3 Å². The number of benzene rings is 1. The number of nitrogens with zero attached hydrogens (tertiary/aromatic N) is 1. The van der Waals surface area contributed by atoms with Crippen LogP contribution >= 0.6 is 23.2 Å². The highest BCUT2D eigenvalue weighted by atomic mass is 35.5. The lowest BCUT2D eigenvalue weighted by Crippen LogP contribution is -2.54. The zero-order valence-corrected chi connectivity index (χ0v) is 27.0. The average Bonchev–Trinajstić information content (AvgIpc) is 3.29. The largest absolute Gasteiger partial charge is 0.460 e. The molecule has 4 fully saturated rings. The van der Waals surface area contributed by atoms with Crippen molar-refractivity contribution in [3.05, 3.63) is 29.8 Å². The van der Waals surface area contributed by atoms with Gasteiger partial charge in [-0.15, -0.1) is 23.2 Å². The van der Waals surface area contributed by atoms with Crippen LogP contribution in [0.5, 0.6) is 0 Å². The van der Waals surface area contributed by atoms with Crippen molar-refractivity contribution >= 4 is 46.5 Å². The Morgan fingerprint density at radius 2 is 1.67 bits per heavy atom. The summed E-state index contributed by atoms with van der Waals surface area (Å²) in [6, 6.07) is 7.29. The van der Waals surface area contributed by atoms with Gasteiger partial charge in [0.25, 0.3) is 0 Å². The van der Waals surface area contributed by atoms with Crippen LogP contribution < -0.4 is 10.2 Å². The first-order chi connectivity index (χ1) is 20.1. The van der Waals surface area contributed by atoms with E-state index in [0.717, 1.165) is 62.6 Å². The van der Waals surface area contributed by atoms with Gasteiger partial charge in [0, 0.05) is 62.1 Å². The lowest BCUT2D eigenvalue weighted by molar-refractivity contribution is -0.167. The van der Waals surface area contributed by atoms with Gasteiger partial charge in [0.1, 0.15) is 17.9 Å². The molecule has 1 aromatic rings. The van der Waals surface area contributed by atoms with E-state index in [9.17, 15) is 14.4 Å². The fourth-order valence-electron chi connectivity index (χ4n) is 9.50. The van der Waals surface area contributed by atoms with E-state index in [1.54, 1.807) is 0 Å². The molecule has 4 aliphatic rings. The van der Waals surface area contributed by atoms with Gasteiger partial charge in [0.05, 0.1) is 0 Å². The van der Waals surface area contributed by atoms with E-state index in [0.29, 0.717) is 60.7 Å². The monoisotopic (exact) mass is 618 g/mol. The Hall–Kier alpha value is -1.79. The molecule has 0 spiro atoms. The molecule has 1 amide bonds. The summed E-state index contributed by atoms with van der Waals surface area (Å²) < 4.78 is 6.33. The van der Waals surface area contributed by atoms with Crippen molar-refractivity contribution in [2.45, 2.75) is 97.1 Å². The molecule has 1 aromatic carbocycles. The second-order valence-electron chi connectivity index (χ2n) is 13.9. The van der Waals surface area contributed by atoms with Crippen LogP contribution in [-0.2, 0) is 25.5 Å². The van der Waals surface area contributed by atoms with Gasteiger partial charge >= 0.3 is 5.97 Å². The number of alkyl halides is 2. The number of rotatable bonds is 10. The third kappa shape index (κ3) is 6.22. The van der Waals surface area contributed by atoms with Crippen LogP contribution in [0.4, 0.5) is 5.69 Å². The first-order valence-corrected chi connectivity index (χ1v) is 17.1. The van der Waals surface area contributed by atoms with Crippen molar-refractivity contribution in [3.63, 3.8) is 0 Å². The van der Waals surface area contributed by atoms with E-state index < -0.39 is 6.04 Å². The fourth-order valence-corrected chi connectivity index (χ4v) is 9.91. The van der Waals surface area contributed by atoms with E-state index >= 15 is 0 Å². The van der Waals surface area contributed by atoms with Gasteiger partial charge in [-0.1, -0.05) is 26.0 Å². The Bertz CT molecular complexity index is 1140. The number of carbonyl (C=O) groups excluding carboxylic acids is 3. The normalized spacial score (nSPS) is 34.5. The maximum Gasteiger partial charge on any atom is 0.329 e. The van der Waals surface area contributed by atoms with Crippen molar-refractivity contribution in [1.29, 1.82) is 0 Å². The number of Topliss-reactive ketones (excluding diaryl/α,β-unsaturated/α-hetero) is 1. The number of fused-ring (bicyclic) bond motifs is 5. The highest BCUT2D eigenvalue weighted by Gasteiger charge is 2.61. The highest BCUT2D eigenvalue weighted by Crippen LogP contribution is 2.66. The van der Waals surface area contributed by atoms with E-state index in [1.807, 2.05) is 24.3 Å². The summed E-state index contributed by atoms with van der Waals surface area (Å²) in [4.78, 5) is 40.1. The molecule has 0 radical (unpaired) electrons. The number of carbonyl (C=O) groups is 3. The van der Waals surface area contributed by atoms with Gasteiger partial charge in [0.2, 0.25) is 5.91 Å². The summed E-state index contributed by atoms with van der Waals surface area (Å²) in [6.45, 7) is 7.67. The standard InChI is InChI=1S/C34H48Cl2N2O4/c1-22(39)37-30(20-23-4-7-25(8-5-23)38(18-16-35)19-17-36)32(41)42-31-11-10-28-27-9-6-24-21-26(40)12-14-33(24,2)29(27)13-15-34(28,31)3/h4-5,7-8,24,27-31H,6,9-21H2,1-3H3,(H,37,39)/t24-,27+,28+,29+,30-,31-,33-,34-/m0/s1. The Kier molecular flexibility index (Phi) is 9.83. The zero-order chi connectivity index (χ0) is 30.1. The van der Waals surface area contributed by atoms with Crippen molar-refractivity contribution < 1.29 is 19.1 Å². The van der Waals surface area contributed by atoms with Crippen molar-refractivity contribution in [1.82, 2.24) is 5.32 Å². The van der Waals surface area contributed by atoms with Crippen LogP contribution in [0.3, 0.4) is 0 Å². The van der Waals surface area contributed by atoms with Crippen LogP contribution in [0.2, 0.25) is 0 Å². The summed E-state index contributed by atoms with van der Waals surface area (Å²) in [5.41, 5.74) is 2.21. The molecule has 1 N–H and O–H groups in total. The minimum Gasteiger partial charge on any atom is -0.460 e. The third-order valence-corrected chi connectivity index (χ3v) is 12.1. The van der Waals surface area contributed by atoms with E-state index in [2.05, 4.69) is 24.1 Å². The molecule has 0 bridgehead atoms. The topological polar surface area (TPSA) is 75.7 Å². The van der Waals surface area contributed by atoms with Gasteiger partial charge in [-0.2, -0.15) is 0 Å². The van der Waals surface area contributed by atoms with Gasteiger partial charge in [-0.25, -0.2) is 4.79 Å². The molecule has 8 atom stereocenters. The van der Waals surface area contributed by atoms with Gasteiger partial charge in [-0.3, -0.25) is 9.59 Å².